The SMILES string of the molecule is O=C(Cc1ccccc1)NC[C@H]1O[C@H](O[C@H]2[C@H](O)[C@@H](O[C@H]3O[C@H](CO)[C@@H](O)[C@H](NC(=O)Cc4ccccc4)[C@H]3O)[C@H](NC(=O)Cc3ccccc3)C[C@@H]2NC(=O)Cc2ccccc2)[C@H](O)[C@@H](O)[C@@H]1O. The lowest BCUT2D eigenvalue weighted by molar-refractivity contribution is -0.334. The summed E-state index contributed by atoms with van der Waals surface area (Å²) in [6, 6.07) is 31.2. The van der Waals surface area contributed by atoms with Crippen LogP contribution >= 0.6 is 0 Å². The van der Waals surface area contributed by atoms with Crippen LogP contribution in [0.4, 0.5) is 0 Å². The van der Waals surface area contributed by atoms with E-state index in [-0.39, 0.29) is 38.6 Å². The number of aliphatic hydroxyl groups is 7. The van der Waals surface area contributed by atoms with Crippen LogP contribution in [0.25, 0.3) is 0 Å². The summed E-state index contributed by atoms with van der Waals surface area (Å²) in [6.07, 6.45) is -21.1. The Morgan fingerprint density at radius 1 is 0.464 bits per heavy atom. The Bertz CT molecular complexity index is 2270. The molecule has 3 aliphatic rings. The van der Waals surface area contributed by atoms with Crippen LogP contribution in [0.1, 0.15) is 28.7 Å². The van der Waals surface area contributed by atoms with Crippen molar-refractivity contribution in [2.75, 3.05) is 13.2 Å². The zero-order chi connectivity index (χ0) is 49.0. The first-order valence-electron chi connectivity index (χ1n) is 22.9. The monoisotopic (exact) mass is 956 g/mol. The predicted octanol–water partition coefficient (Wildman–Crippen LogP) is -1.69. The number of benzene rings is 4. The molecule has 3 fully saturated rings. The van der Waals surface area contributed by atoms with Gasteiger partial charge in [0, 0.05) is 6.54 Å². The van der Waals surface area contributed by atoms with Gasteiger partial charge in [0.15, 0.2) is 12.6 Å². The van der Waals surface area contributed by atoms with Crippen LogP contribution in [0, 0.1) is 0 Å². The van der Waals surface area contributed by atoms with E-state index in [1.54, 1.807) is 121 Å². The Kier molecular flexibility index (Phi) is 18.0. The summed E-state index contributed by atoms with van der Waals surface area (Å²) in [5.74, 6) is -2.07. The topological polar surface area (TPSA) is 295 Å². The summed E-state index contributed by atoms with van der Waals surface area (Å²) in [7, 11) is 0. The normalized spacial score (nSPS) is 31.2. The fourth-order valence-corrected chi connectivity index (χ4v) is 8.87. The Morgan fingerprint density at radius 2 is 0.855 bits per heavy atom. The largest absolute Gasteiger partial charge is 0.394 e. The fourth-order valence-electron chi connectivity index (χ4n) is 8.87. The molecule has 19 nitrogen and oxygen atoms in total. The average molecular weight is 957 g/mol. The third kappa shape index (κ3) is 13.6. The molecule has 2 aliphatic heterocycles. The second-order valence-electron chi connectivity index (χ2n) is 17.5. The first kappa shape index (κ1) is 51.2. The van der Waals surface area contributed by atoms with Gasteiger partial charge in [-0.2, -0.15) is 0 Å². The second-order valence-corrected chi connectivity index (χ2v) is 17.5. The van der Waals surface area contributed by atoms with Crippen molar-refractivity contribution in [1.29, 1.82) is 0 Å². The van der Waals surface area contributed by atoms with Gasteiger partial charge in [0.05, 0.1) is 50.4 Å². The molecule has 2 saturated heterocycles. The molecule has 19 heteroatoms. The number of carbonyl (C=O) groups excluding carboxylic acids is 4. The van der Waals surface area contributed by atoms with Crippen LogP contribution in [0.15, 0.2) is 121 Å². The van der Waals surface area contributed by atoms with E-state index >= 15 is 0 Å². The number of carbonyl (C=O) groups is 4. The van der Waals surface area contributed by atoms with E-state index in [4.69, 9.17) is 18.9 Å². The minimum absolute atomic E-state index is 0.00392. The molecule has 11 N–H and O–H groups in total. The van der Waals surface area contributed by atoms with E-state index < -0.39 is 122 Å². The third-order valence-corrected chi connectivity index (χ3v) is 12.5. The van der Waals surface area contributed by atoms with Gasteiger partial charge in [-0.1, -0.05) is 121 Å². The van der Waals surface area contributed by atoms with E-state index in [1.165, 1.54) is 0 Å². The van der Waals surface area contributed by atoms with E-state index in [1.807, 2.05) is 0 Å². The Hall–Kier alpha value is -5.68. The fraction of sp³-hybridized carbons (Fsp3) is 0.440. The smallest absolute Gasteiger partial charge is 0.224 e. The van der Waals surface area contributed by atoms with Crippen LogP contribution in [0.2, 0.25) is 0 Å². The van der Waals surface area contributed by atoms with Crippen molar-refractivity contribution in [3.05, 3.63) is 144 Å². The highest BCUT2D eigenvalue weighted by molar-refractivity contribution is 5.80. The molecule has 0 radical (unpaired) electrons. The first-order valence-corrected chi connectivity index (χ1v) is 22.9. The molecular weight excluding hydrogens is 897 g/mol. The molecule has 0 unspecified atom stereocenters. The Morgan fingerprint density at radius 3 is 1.29 bits per heavy atom. The van der Waals surface area contributed by atoms with Gasteiger partial charge in [-0.05, 0) is 28.7 Å². The first-order chi connectivity index (χ1) is 33.3. The Labute approximate surface area is 398 Å². The quantitative estimate of drug-likeness (QED) is 0.0531. The van der Waals surface area contributed by atoms with Gasteiger partial charge in [-0.3, -0.25) is 19.2 Å². The number of aliphatic hydroxyl groups excluding tert-OH is 7. The van der Waals surface area contributed by atoms with E-state index in [0.717, 1.165) is 0 Å². The third-order valence-electron chi connectivity index (χ3n) is 12.5. The summed E-state index contributed by atoms with van der Waals surface area (Å²) in [6.45, 7) is -1.12. The molecular formula is C50H60N4O15. The Balaban J connectivity index is 1.17. The van der Waals surface area contributed by atoms with Crippen molar-refractivity contribution in [2.45, 2.75) is 124 Å². The molecule has 1 aliphatic carbocycles. The summed E-state index contributed by atoms with van der Waals surface area (Å²) >= 11 is 0. The van der Waals surface area contributed by atoms with E-state index in [9.17, 15) is 54.9 Å². The minimum Gasteiger partial charge on any atom is -0.394 e. The van der Waals surface area contributed by atoms with E-state index in [2.05, 4.69) is 21.3 Å². The van der Waals surface area contributed by atoms with Gasteiger partial charge in [-0.25, -0.2) is 0 Å². The van der Waals surface area contributed by atoms with Crippen LogP contribution < -0.4 is 21.3 Å². The molecule has 69 heavy (non-hydrogen) atoms. The van der Waals surface area contributed by atoms with Crippen LogP contribution in [-0.2, 0) is 63.8 Å². The lowest BCUT2D eigenvalue weighted by Gasteiger charge is -2.50. The molecule has 4 aromatic rings. The second kappa shape index (κ2) is 24.2. The zero-order valence-corrected chi connectivity index (χ0v) is 37.6. The molecule has 0 aromatic heterocycles. The van der Waals surface area contributed by atoms with Gasteiger partial charge >= 0.3 is 0 Å². The van der Waals surface area contributed by atoms with Gasteiger partial charge in [0.2, 0.25) is 23.6 Å². The number of rotatable bonds is 18. The highest BCUT2D eigenvalue weighted by Gasteiger charge is 2.54. The van der Waals surface area contributed by atoms with Gasteiger partial charge in [0.25, 0.3) is 0 Å². The summed E-state index contributed by atoms with van der Waals surface area (Å²) < 4.78 is 24.5. The van der Waals surface area contributed by atoms with Crippen molar-refractivity contribution >= 4 is 23.6 Å². The standard InChI is InChI=1S/C50H60N4O15/c55-27-35-41(60)40(54-39(59)24-31-19-11-4-12-20-31)43(62)49(67-35)68-47-32(52-37(57)22-29-15-7-2-8-16-29)25-33(53-38(58)23-30-17-9-3-10-18-30)48(46(47)65)69-50-45(64)44(63)42(61)34(66-50)26-51-36(56)21-28-13-5-1-6-14-28/h1-20,32-35,40-50,55,60-65H,21-27H2,(H,51,56)(H,52,57)(H,53,58)(H,54,59)/t32-,33+,34-,35-,40+,41-,42-,43-,44+,45-,46-,47+,48-,49-,50-/m1/s1. The van der Waals surface area contributed by atoms with Crippen LogP contribution in [0.5, 0.6) is 0 Å². The highest BCUT2D eigenvalue weighted by Crippen LogP contribution is 2.33. The number of amides is 4. The highest BCUT2D eigenvalue weighted by atomic mass is 16.7. The molecule has 2 heterocycles. The van der Waals surface area contributed by atoms with Crippen LogP contribution in [-0.4, -0.2) is 164 Å². The molecule has 4 aromatic carbocycles. The van der Waals surface area contributed by atoms with Crippen molar-refractivity contribution in [3.8, 4) is 0 Å². The maximum Gasteiger partial charge on any atom is 0.224 e. The summed E-state index contributed by atoms with van der Waals surface area (Å²) in [5, 5.41) is 90.1. The number of ether oxygens (including phenoxy) is 4. The van der Waals surface area contributed by atoms with E-state index in [0.29, 0.717) is 22.3 Å². The molecule has 370 valence electrons. The van der Waals surface area contributed by atoms with Crippen molar-refractivity contribution in [3.63, 3.8) is 0 Å². The number of hydrogen-bond acceptors (Lipinski definition) is 15. The molecule has 15 atom stereocenters. The number of nitrogens with one attached hydrogen (secondary N) is 4. The van der Waals surface area contributed by atoms with Gasteiger partial charge < -0.3 is 76.0 Å². The predicted molar refractivity (Wildman–Crippen MR) is 244 cm³/mol. The lowest BCUT2D eigenvalue weighted by atomic mass is 9.82. The molecule has 0 bridgehead atoms. The number of hydrogen-bond donors (Lipinski definition) is 11. The maximum absolute atomic E-state index is 13.8. The lowest BCUT2D eigenvalue weighted by Crippen LogP contribution is -2.70. The summed E-state index contributed by atoms with van der Waals surface area (Å²) in [4.78, 5) is 53.7. The minimum atomic E-state index is -1.94. The molecule has 4 amide bonds. The average Bonchev–Trinajstić information content (AvgIpc) is 3.34. The maximum atomic E-state index is 13.8. The summed E-state index contributed by atoms with van der Waals surface area (Å²) in [5.41, 5.74) is 2.65. The van der Waals surface area contributed by atoms with Crippen molar-refractivity contribution in [1.82, 2.24) is 21.3 Å². The van der Waals surface area contributed by atoms with Crippen molar-refractivity contribution in [2.24, 2.45) is 0 Å². The van der Waals surface area contributed by atoms with Crippen LogP contribution in [0.3, 0.4) is 0 Å². The van der Waals surface area contributed by atoms with Gasteiger partial charge in [-0.15, -0.1) is 0 Å². The van der Waals surface area contributed by atoms with Gasteiger partial charge in [0.1, 0.15) is 61.0 Å². The zero-order valence-electron chi connectivity index (χ0n) is 37.6. The molecule has 1 saturated carbocycles. The van der Waals surface area contributed by atoms with Crippen molar-refractivity contribution < 1.29 is 73.9 Å². The molecule has 0 spiro atoms. The molecule has 7 rings (SSSR count).